The summed E-state index contributed by atoms with van der Waals surface area (Å²) in [6.07, 6.45) is 7.08. The van der Waals surface area contributed by atoms with Gasteiger partial charge >= 0.3 is 0 Å². The number of hydrogen-bond acceptors (Lipinski definition) is 2. The van der Waals surface area contributed by atoms with Crippen LogP contribution in [-0.4, -0.2) is 17.4 Å². The van der Waals surface area contributed by atoms with E-state index in [1.165, 1.54) is 36.6 Å². The van der Waals surface area contributed by atoms with Crippen molar-refractivity contribution in [2.24, 2.45) is 5.41 Å². The molecule has 1 N–H and O–H groups in total. The number of aromatic nitrogens is 1. The minimum atomic E-state index is 0.324. The largest absolute Gasteiger partial charge is 0.312 e. The van der Waals surface area contributed by atoms with E-state index in [4.69, 9.17) is 11.6 Å². The molecule has 0 aliphatic heterocycles. The first-order valence-corrected chi connectivity index (χ1v) is 7.96. The quantitative estimate of drug-likeness (QED) is 0.837. The van der Waals surface area contributed by atoms with Gasteiger partial charge in [-0.15, -0.1) is 11.6 Å². The van der Waals surface area contributed by atoms with Crippen molar-refractivity contribution in [3.63, 3.8) is 0 Å². The molecule has 0 amide bonds. The maximum Gasteiger partial charge on any atom is 0.0705 e. The van der Waals surface area contributed by atoms with Crippen LogP contribution in [0, 0.1) is 5.41 Å². The highest BCUT2D eigenvalue weighted by molar-refractivity contribution is 6.18. The molecular weight excluding hydrogens is 268 g/mol. The fourth-order valence-electron chi connectivity index (χ4n) is 3.25. The number of hydrogen-bond donors (Lipinski definition) is 1. The zero-order valence-electron chi connectivity index (χ0n) is 11.7. The van der Waals surface area contributed by atoms with Crippen molar-refractivity contribution in [2.45, 2.75) is 32.2 Å². The first-order valence-electron chi connectivity index (χ1n) is 7.42. The monoisotopic (exact) mass is 288 g/mol. The topological polar surface area (TPSA) is 24.9 Å². The van der Waals surface area contributed by atoms with Gasteiger partial charge in [-0.05, 0) is 36.0 Å². The average molecular weight is 289 g/mol. The molecular formula is C17H21ClN2. The maximum absolute atomic E-state index is 6.19. The molecule has 0 radical (unpaired) electrons. The van der Waals surface area contributed by atoms with Gasteiger partial charge in [-0.1, -0.05) is 31.0 Å². The molecule has 1 aliphatic carbocycles. The number of rotatable bonds is 5. The second-order valence-electron chi connectivity index (χ2n) is 5.93. The Balaban J connectivity index is 1.68. The van der Waals surface area contributed by atoms with Gasteiger partial charge in [-0.3, -0.25) is 4.98 Å². The Morgan fingerprint density at radius 2 is 1.95 bits per heavy atom. The molecule has 1 saturated carbocycles. The highest BCUT2D eigenvalue weighted by atomic mass is 35.5. The zero-order valence-corrected chi connectivity index (χ0v) is 12.5. The Kier molecular flexibility index (Phi) is 4.23. The van der Waals surface area contributed by atoms with Gasteiger partial charge in [0, 0.05) is 30.6 Å². The molecule has 1 heterocycles. The van der Waals surface area contributed by atoms with E-state index in [0.29, 0.717) is 5.41 Å². The SMILES string of the molecule is ClCC1(CNCc2ccnc3ccccc23)CCCC1. The van der Waals surface area contributed by atoms with Crippen LogP contribution in [0.5, 0.6) is 0 Å². The molecule has 3 rings (SSSR count). The van der Waals surface area contributed by atoms with Gasteiger partial charge in [0.1, 0.15) is 0 Å². The van der Waals surface area contributed by atoms with Crippen LogP contribution >= 0.6 is 11.6 Å². The molecule has 3 heteroatoms. The van der Waals surface area contributed by atoms with Crippen LogP contribution in [0.15, 0.2) is 36.5 Å². The molecule has 0 bridgehead atoms. The minimum absolute atomic E-state index is 0.324. The molecule has 20 heavy (non-hydrogen) atoms. The summed E-state index contributed by atoms with van der Waals surface area (Å²) in [5.41, 5.74) is 2.71. The van der Waals surface area contributed by atoms with Crippen LogP contribution < -0.4 is 5.32 Å². The molecule has 1 aromatic heterocycles. The predicted molar refractivity (Wildman–Crippen MR) is 85.1 cm³/mol. The molecule has 0 unspecified atom stereocenters. The number of halogens is 1. The third-order valence-electron chi connectivity index (χ3n) is 4.50. The van der Waals surface area contributed by atoms with Crippen LogP contribution in [0.1, 0.15) is 31.2 Å². The Morgan fingerprint density at radius 1 is 1.15 bits per heavy atom. The lowest BCUT2D eigenvalue weighted by atomic mass is 9.88. The van der Waals surface area contributed by atoms with Gasteiger partial charge in [0.2, 0.25) is 0 Å². The first-order chi connectivity index (χ1) is 9.83. The van der Waals surface area contributed by atoms with Crippen LogP contribution in [-0.2, 0) is 6.54 Å². The van der Waals surface area contributed by atoms with Crippen LogP contribution in [0.3, 0.4) is 0 Å². The fraction of sp³-hybridized carbons (Fsp3) is 0.471. The molecule has 0 atom stereocenters. The minimum Gasteiger partial charge on any atom is -0.312 e. The molecule has 1 fully saturated rings. The molecule has 0 saturated heterocycles. The Morgan fingerprint density at radius 3 is 2.75 bits per heavy atom. The first kappa shape index (κ1) is 13.8. The third kappa shape index (κ3) is 2.82. The van der Waals surface area contributed by atoms with Crippen LogP contribution in [0.4, 0.5) is 0 Å². The van der Waals surface area contributed by atoms with Crippen molar-refractivity contribution in [1.29, 1.82) is 0 Å². The standard InChI is InChI=1S/C17H21ClN2/c18-12-17(8-3-4-9-17)13-19-11-14-7-10-20-16-6-2-1-5-15(14)16/h1-2,5-7,10,19H,3-4,8-9,11-13H2. The van der Waals surface area contributed by atoms with Crippen molar-refractivity contribution in [1.82, 2.24) is 10.3 Å². The van der Waals surface area contributed by atoms with Gasteiger partial charge in [-0.25, -0.2) is 0 Å². The lowest BCUT2D eigenvalue weighted by Gasteiger charge is -2.26. The summed E-state index contributed by atoms with van der Waals surface area (Å²) in [6, 6.07) is 10.4. The highest BCUT2D eigenvalue weighted by Gasteiger charge is 2.32. The van der Waals surface area contributed by atoms with Crippen LogP contribution in [0.2, 0.25) is 0 Å². The van der Waals surface area contributed by atoms with Crippen molar-refractivity contribution in [2.75, 3.05) is 12.4 Å². The maximum atomic E-state index is 6.19. The summed E-state index contributed by atoms with van der Waals surface area (Å²) in [6.45, 7) is 1.91. The number of nitrogens with one attached hydrogen (secondary N) is 1. The van der Waals surface area contributed by atoms with Gasteiger partial charge in [0.15, 0.2) is 0 Å². The average Bonchev–Trinajstić information content (AvgIpc) is 2.97. The van der Waals surface area contributed by atoms with E-state index in [2.05, 4.69) is 34.6 Å². The number of para-hydroxylation sites is 1. The number of fused-ring (bicyclic) bond motifs is 1. The molecule has 0 spiro atoms. The zero-order chi connectivity index (χ0) is 13.8. The van der Waals surface area contributed by atoms with Gasteiger partial charge < -0.3 is 5.32 Å². The number of alkyl halides is 1. The highest BCUT2D eigenvalue weighted by Crippen LogP contribution is 2.38. The van der Waals surface area contributed by atoms with E-state index >= 15 is 0 Å². The van der Waals surface area contributed by atoms with E-state index in [1.807, 2.05) is 12.3 Å². The molecule has 1 aromatic carbocycles. The second kappa shape index (κ2) is 6.11. The lowest BCUT2D eigenvalue weighted by molar-refractivity contribution is 0.320. The Labute approximate surface area is 125 Å². The van der Waals surface area contributed by atoms with E-state index in [9.17, 15) is 0 Å². The van der Waals surface area contributed by atoms with Crippen LogP contribution in [0.25, 0.3) is 10.9 Å². The van der Waals surface area contributed by atoms with Crippen molar-refractivity contribution in [3.8, 4) is 0 Å². The summed E-state index contributed by atoms with van der Waals surface area (Å²) in [5, 5.41) is 4.86. The van der Waals surface area contributed by atoms with Crippen molar-refractivity contribution >= 4 is 22.5 Å². The van der Waals surface area contributed by atoms with Crippen molar-refractivity contribution in [3.05, 3.63) is 42.1 Å². The number of benzene rings is 1. The second-order valence-corrected chi connectivity index (χ2v) is 6.20. The van der Waals surface area contributed by atoms with Gasteiger partial charge in [0.25, 0.3) is 0 Å². The van der Waals surface area contributed by atoms with Crippen molar-refractivity contribution < 1.29 is 0 Å². The third-order valence-corrected chi connectivity index (χ3v) is 5.07. The summed E-state index contributed by atoms with van der Waals surface area (Å²) >= 11 is 6.19. The van der Waals surface area contributed by atoms with E-state index in [1.54, 1.807) is 0 Å². The van der Waals surface area contributed by atoms with Gasteiger partial charge in [-0.2, -0.15) is 0 Å². The normalized spacial score (nSPS) is 17.6. The Hall–Kier alpha value is -1.12. The number of pyridine rings is 1. The summed E-state index contributed by atoms with van der Waals surface area (Å²) < 4.78 is 0. The molecule has 106 valence electrons. The smallest absolute Gasteiger partial charge is 0.0705 e. The van der Waals surface area contributed by atoms with Gasteiger partial charge in [0.05, 0.1) is 5.52 Å². The number of nitrogens with zero attached hydrogens (tertiary/aromatic N) is 1. The van der Waals surface area contributed by atoms with E-state index in [-0.39, 0.29) is 0 Å². The predicted octanol–water partition coefficient (Wildman–Crippen LogP) is 4.12. The molecule has 2 nitrogen and oxygen atoms in total. The lowest BCUT2D eigenvalue weighted by Crippen LogP contribution is -2.33. The van der Waals surface area contributed by atoms with E-state index < -0.39 is 0 Å². The summed E-state index contributed by atoms with van der Waals surface area (Å²) in [4.78, 5) is 4.41. The Bertz CT molecular complexity index is 571. The molecule has 1 aliphatic rings. The fourth-order valence-corrected chi connectivity index (χ4v) is 3.62. The molecule has 2 aromatic rings. The van der Waals surface area contributed by atoms with E-state index in [0.717, 1.165) is 24.5 Å². The summed E-state index contributed by atoms with van der Waals surface area (Å²) in [5.74, 6) is 0.775. The summed E-state index contributed by atoms with van der Waals surface area (Å²) in [7, 11) is 0.